The average molecular weight is 188 g/mol. The van der Waals surface area contributed by atoms with Gasteiger partial charge in [0.1, 0.15) is 0 Å². The zero-order valence-corrected chi connectivity index (χ0v) is 8.18. The zero-order valence-electron chi connectivity index (χ0n) is 7.36. The van der Waals surface area contributed by atoms with Crippen LogP contribution in [0.25, 0.3) is 0 Å². The second-order valence-electron chi connectivity index (χ2n) is 2.93. The van der Waals surface area contributed by atoms with Crippen LogP contribution in [0, 0.1) is 0 Å². The normalized spacial score (nSPS) is 25.9. The molecule has 0 aromatic heterocycles. The number of guanidine groups is 1. The lowest BCUT2D eigenvalue weighted by molar-refractivity contribution is 0.346. The summed E-state index contributed by atoms with van der Waals surface area (Å²) in [4.78, 5) is 2.05. The molecular formula is C7H16N4S. The van der Waals surface area contributed by atoms with E-state index in [0.29, 0.717) is 11.2 Å². The maximum absolute atomic E-state index is 5.61. The lowest BCUT2D eigenvalue weighted by atomic mass is 10.1. The van der Waals surface area contributed by atoms with E-state index in [9.17, 15) is 0 Å². The van der Waals surface area contributed by atoms with Crippen molar-refractivity contribution in [3.05, 3.63) is 0 Å². The molecule has 1 aliphatic rings. The average Bonchev–Trinajstić information content (AvgIpc) is 2.17. The maximum Gasteiger partial charge on any atom is 0.213 e. The van der Waals surface area contributed by atoms with Gasteiger partial charge in [-0.15, -0.1) is 5.10 Å². The number of hydrogen-bond acceptors (Lipinski definition) is 3. The van der Waals surface area contributed by atoms with Gasteiger partial charge in [-0.05, 0) is 19.1 Å². The van der Waals surface area contributed by atoms with Crippen LogP contribution >= 0.6 is 11.8 Å². The summed E-state index contributed by atoms with van der Waals surface area (Å²) in [6, 6.07) is 0. The molecule has 70 valence electrons. The smallest absolute Gasteiger partial charge is 0.213 e. The van der Waals surface area contributed by atoms with E-state index in [0.717, 1.165) is 13.1 Å². The van der Waals surface area contributed by atoms with E-state index in [1.54, 1.807) is 0 Å². The molecule has 0 bridgehead atoms. The fourth-order valence-electron chi connectivity index (χ4n) is 1.42. The second-order valence-corrected chi connectivity index (χ2v) is 4.07. The van der Waals surface area contributed by atoms with Crippen molar-refractivity contribution >= 4 is 17.7 Å². The third-order valence-electron chi connectivity index (χ3n) is 2.17. The van der Waals surface area contributed by atoms with Crippen LogP contribution in [0.5, 0.6) is 0 Å². The van der Waals surface area contributed by atoms with Gasteiger partial charge in [0.2, 0.25) is 5.96 Å². The Labute approximate surface area is 77.4 Å². The summed E-state index contributed by atoms with van der Waals surface area (Å²) in [5.41, 5.74) is 5.61. The molecule has 1 rings (SSSR count). The summed E-state index contributed by atoms with van der Waals surface area (Å²) >= 11 is 1.88. The highest BCUT2D eigenvalue weighted by atomic mass is 32.2. The minimum atomic E-state index is 0.466. The predicted molar refractivity (Wildman–Crippen MR) is 53.9 cm³/mol. The van der Waals surface area contributed by atoms with Crippen LogP contribution < -0.4 is 11.6 Å². The lowest BCUT2D eigenvalue weighted by Crippen LogP contribution is -2.45. The van der Waals surface area contributed by atoms with Gasteiger partial charge in [0.25, 0.3) is 0 Å². The van der Waals surface area contributed by atoms with Gasteiger partial charge in [-0.2, -0.15) is 11.8 Å². The fraction of sp³-hybridized carbons (Fsp3) is 0.857. The van der Waals surface area contributed by atoms with Crippen LogP contribution in [0.2, 0.25) is 0 Å². The number of thioether (sulfide) groups is 1. The van der Waals surface area contributed by atoms with Gasteiger partial charge in [0, 0.05) is 18.3 Å². The molecule has 0 radical (unpaired) electrons. The Morgan fingerprint density at radius 1 is 1.67 bits per heavy atom. The molecule has 12 heavy (non-hydrogen) atoms. The number of nitrogens with zero attached hydrogens (tertiary/aromatic N) is 2. The van der Waals surface area contributed by atoms with Crippen LogP contribution in [-0.2, 0) is 0 Å². The van der Waals surface area contributed by atoms with Crippen LogP contribution in [0.1, 0.15) is 12.8 Å². The van der Waals surface area contributed by atoms with Gasteiger partial charge < -0.3 is 16.5 Å². The molecule has 0 aromatic carbocycles. The molecule has 5 heteroatoms. The summed E-state index contributed by atoms with van der Waals surface area (Å²) in [6.45, 7) is 1.97. The van der Waals surface area contributed by atoms with E-state index in [-0.39, 0.29) is 0 Å². The number of piperidine rings is 1. The Bertz CT molecular complexity index is 171. The molecule has 0 aliphatic carbocycles. The molecule has 4 N–H and O–H groups in total. The lowest BCUT2D eigenvalue weighted by Gasteiger charge is -2.32. The van der Waals surface area contributed by atoms with Gasteiger partial charge >= 0.3 is 0 Å². The van der Waals surface area contributed by atoms with Gasteiger partial charge in [0.05, 0.1) is 0 Å². The number of nitrogens with two attached hydrogens (primary N) is 2. The van der Waals surface area contributed by atoms with Gasteiger partial charge in [0.15, 0.2) is 0 Å². The van der Waals surface area contributed by atoms with E-state index in [1.807, 2.05) is 16.7 Å². The van der Waals surface area contributed by atoms with Crippen molar-refractivity contribution in [2.24, 2.45) is 16.7 Å². The number of hydrazone groups is 1. The van der Waals surface area contributed by atoms with Gasteiger partial charge in [-0.3, -0.25) is 0 Å². The van der Waals surface area contributed by atoms with Crippen LogP contribution in [0.15, 0.2) is 5.10 Å². The largest absolute Gasteiger partial charge is 0.368 e. The first-order valence-corrected chi connectivity index (χ1v) is 5.37. The van der Waals surface area contributed by atoms with Crippen molar-refractivity contribution in [3.8, 4) is 0 Å². The van der Waals surface area contributed by atoms with Crippen molar-refractivity contribution in [1.29, 1.82) is 0 Å². The monoisotopic (exact) mass is 188 g/mol. The summed E-state index contributed by atoms with van der Waals surface area (Å²) < 4.78 is 0. The molecule has 0 saturated carbocycles. The van der Waals surface area contributed by atoms with Gasteiger partial charge in [-0.25, -0.2) is 0 Å². The van der Waals surface area contributed by atoms with Crippen molar-refractivity contribution < 1.29 is 0 Å². The summed E-state index contributed by atoms with van der Waals surface area (Å²) in [5, 5.41) is 4.17. The zero-order chi connectivity index (χ0) is 8.97. The van der Waals surface area contributed by atoms with E-state index >= 15 is 0 Å². The Hall–Kier alpha value is -0.580. The number of rotatable bonds is 1. The quantitative estimate of drug-likeness (QED) is 0.263. The predicted octanol–water partition coefficient (Wildman–Crippen LogP) is 0.00220. The Kier molecular flexibility index (Phi) is 3.52. The van der Waals surface area contributed by atoms with Crippen molar-refractivity contribution in [1.82, 2.24) is 4.90 Å². The van der Waals surface area contributed by atoms with Crippen molar-refractivity contribution in [2.45, 2.75) is 18.1 Å². The number of hydrogen-bond donors (Lipinski definition) is 2. The summed E-state index contributed by atoms with van der Waals surface area (Å²) in [6.07, 6.45) is 4.58. The molecule has 0 amide bonds. The Balaban J connectivity index is 2.45. The molecule has 0 spiro atoms. The minimum absolute atomic E-state index is 0.466. The van der Waals surface area contributed by atoms with E-state index < -0.39 is 0 Å². The number of likely N-dealkylation sites (tertiary alicyclic amines) is 1. The van der Waals surface area contributed by atoms with Gasteiger partial charge in [-0.1, -0.05) is 0 Å². The molecule has 1 unspecified atom stereocenters. The van der Waals surface area contributed by atoms with Crippen molar-refractivity contribution in [2.75, 3.05) is 19.3 Å². The van der Waals surface area contributed by atoms with Crippen LogP contribution in [0.4, 0.5) is 0 Å². The maximum atomic E-state index is 5.61. The first-order valence-electron chi connectivity index (χ1n) is 4.09. The van der Waals surface area contributed by atoms with Crippen molar-refractivity contribution in [3.63, 3.8) is 0 Å². The summed E-state index contributed by atoms with van der Waals surface area (Å²) in [7, 11) is 0. The highest BCUT2D eigenvalue weighted by molar-refractivity contribution is 7.99. The molecule has 1 heterocycles. The van der Waals surface area contributed by atoms with E-state index in [4.69, 9.17) is 11.6 Å². The molecule has 1 aliphatic heterocycles. The fourth-order valence-corrected chi connectivity index (χ4v) is 2.15. The highest BCUT2D eigenvalue weighted by Crippen LogP contribution is 2.19. The molecule has 1 saturated heterocycles. The topological polar surface area (TPSA) is 67.6 Å². The first kappa shape index (κ1) is 9.51. The molecule has 0 aromatic rings. The second kappa shape index (κ2) is 4.45. The standard InChI is InChI=1S/C7H16N4S/c1-12-6-3-2-4-11(5-6)7(8)10-9/h6H,2-5,9H2,1H3,(H2,8,10). The van der Waals surface area contributed by atoms with E-state index in [1.165, 1.54) is 12.8 Å². The minimum Gasteiger partial charge on any atom is -0.368 e. The third kappa shape index (κ3) is 2.20. The molecular weight excluding hydrogens is 172 g/mol. The molecule has 4 nitrogen and oxygen atoms in total. The van der Waals surface area contributed by atoms with Crippen LogP contribution in [-0.4, -0.2) is 35.5 Å². The molecule has 1 atom stereocenters. The Morgan fingerprint density at radius 3 is 3.00 bits per heavy atom. The summed E-state index contributed by atoms with van der Waals surface area (Å²) in [5.74, 6) is 5.57. The first-order chi connectivity index (χ1) is 5.77. The van der Waals surface area contributed by atoms with E-state index in [2.05, 4.69) is 11.4 Å². The molecule has 1 fully saturated rings. The third-order valence-corrected chi connectivity index (χ3v) is 3.22. The highest BCUT2D eigenvalue weighted by Gasteiger charge is 2.19. The SMILES string of the molecule is CSC1CCCN(/C(N)=N/N)C1. The Morgan fingerprint density at radius 2 is 2.42 bits per heavy atom. The van der Waals surface area contributed by atoms with Crippen LogP contribution in [0.3, 0.4) is 0 Å².